The molecule has 4 aromatic rings. The number of aromatic amines is 1. The maximum Gasteiger partial charge on any atom is 0.142 e. The Bertz CT molecular complexity index is 1680. The summed E-state index contributed by atoms with van der Waals surface area (Å²) in [4.78, 5) is 8.91. The minimum absolute atomic E-state index is 0.800. The maximum atomic E-state index is 5.85. The quantitative estimate of drug-likeness (QED) is 0.160. The molecular formula is C37H38Br2N2O2. The molecule has 5 rings (SSSR count). The van der Waals surface area contributed by atoms with E-state index in [4.69, 9.17) is 14.5 Å². The summed E-state index contributed by atoms with van der Waals surface area (Å²) in [5.74, 6) is 1.62. The molecule has 0 saturated carbocycles. The van der Waals surface area contributed by atoms with Crippen LogP contribution in [0.25, 0.3) is 16.8 Å². The molecule has 0 fully saturated rings. The lowest BCUT2D eigenvalue weighted by atomic mass is 10.0. The summed E-state index contributed by atoms with van der Waals surface area (Å²) < 4.78 is 13.6. The maximum absolute atomic E-state index is 5.85. The number of benzene rings is 3. The van der Waals surface area contributed by atoms with Crippen molar-refractivity contribution >= 4 is 43.1 Å². The number of methoxy groups -OCH3 is 2. The number of nitrogens with one attached hydrogen (secondary N) is 1. The van der Waals surface area contributed by atoms with Gasteiger partial charge in [-0.25, -0.2) is 4.99 Å². The summed E-state index contributed by atoms with van der Waals surface area (Å²) >= 11 is 7.49. The van der Waals surface area contributed by atoms with Gasteiger partial charge < -0.3 is 14.5 Å². The number of unbranched alkanes of at least 4 members (excludes halogenated alkanes) is 2. The van der Waals surface area contributed by atoms with E-state index < -0.39 is 0 Å². The second kappa shape index (κ2) is 14.4. The highest BCUT2D eigenvalue weighted by Gasteiger charge is 2.21. The van der Waals surface area contributed by atoms with Crippen LogP contribution in [-0.2, 0) is 12.8 Å². The van der Waals surface area contributed by atoms with E-state index in [1.807, 2.05) is 6.07 Å². The first-order valence-electron chi connectivity index (χ1n) is 15.0. The molecule has 6 heteroatoms. The van der Waals surface area contributed by atoms with Gasteiger partial charge in [-0.05, 0) is 123 Å². The second-order valence-corrected chi connectivity index (χ2v) is 12.5. The van der Waals surface area contributed by atoms with Gasteiger partial charge in [0.25, 0.3) is 0 Å². The summed E-state index contributed by atoms with van der Waals surface area (Å²) in [5.41, 5.74) is 10.5. The van der Waals surface area contributed by atoms with Crippen molar-refractivity contribution in [3.63, 3.8) is 0 Å². The zero-order valence-electron chi connectivity index (χ0n) is 25.3. The molecule has 0 amide bonds. The van der Waals surface area contributed by atoms with Crippen molar-refractivity contribution in [1.82, 2.24) is 4.98 Å². The third-order valence-electron chi connectivity index (χ3n) is 7.73. The highest BCUT2D eigenvalue weighted by Crippen LogP contribution is 2.40. The van der Waals surface area contributed by atoms with Gasteiger partial charge in [0, 0.05) is 28.1 Å². The lowest BCUT2D eigenvalue weighted by Crippen LogP contribution is -2.02. The summed E-state index contributed by atoms with van der Waals surface area (Å²) in [5, 5.41) is 0. The topological polar surface area (TPSA) is 46.6 Å². The number of nitrogens with zero attached hydrogens (tertiary/aromatic N) is 1. The number of aliphatic imine (C=N–C) groups is 1. The zero-order chi connectivity index (χ0) is 30.3. The molecule has 2 heterocycles. The molecule has 0 radical (unpaired) electrons. The average Bonchev–Trinajstić information content (AvgIpc) is 3.70. The molecule has 1 aromatic heterocycles. The zero-order valence-corrected chi connectivity index (χ0v) is 28.4. The van der Waals surface area contributed by atoms with Crippen LogP contribution in [0.1, 0.15) is 67.5 Å². The number of ether oxygens (including phenoxy) is 2. The molecule has 0 atom stereocenters. The molecule has 1 aliphatic heterocycles. The SMILES string of the molecule is CCCCc1cc(Br)c(OC)c(C2=N/C(=C(/c3ccccc3)c3ccc(-c4cc(CCCC)cc(Br)c4OC)[nH]3)C=C2)c1. The Morgan fingerprint density at radius 3 is 1.95 bits per heavy atom. The van der Waals surface area contributed by atoms with E-state index in [-0.39, 0.29) is 0 Å². The molecule has 1 aliphatic rings. The van der Waals surface area contributed by atoms with Gasteiger partial charge in [0.2, 0.25) is 0 Å². The van der Waals surface area contributed by atoms with Crippen LogP contribution in [0.15, 0.2) is 98.5 Å². The largest absolute Gasteiger partial charge is 0.495 e. The van der Waals surface area contributed by atoms with Gasteiger partial charge in [-0.2, -0.15) is 0 Å². The monoisotopic (exact) mass is 700 g/mol. The van der Waals surface area contributed by atoms with Gasteiger partial charge in [-0.3, -0.25) is 0 Å². The Hall–Kier alpha value is -3.35. The highest BCUT2D eigenvalue weighted by atomic mass is 79.9. The van der Waals surface area contributed by atoms with E-state index in [1.54, 1.807) is 14.2 Å². The first-order valence-corrected chi connectivity index (χ1v) is 16.5. The number of rotatable bonds is 12. The molecular weight excluding hydrogens is 664 g/mol. The van der Waals surface area contributed by atoms with E-state index in [2.05, 4.69) is 124 Å². The van der Waals surface area contributed by atoms with E-state index in [0.29, 0.717) is 0 Å². The second-order valence-electron chi connectivity index (χ2n) is 10.8. The van der Waals surface area contributed by atoms with Crippen molar-refractivity contribution < 1.29 is 9.47 Å². The predicted octanol–water partition coefficient (Wildman–Crippen LogP) is 10.7. The Morgan fingerprint density at radius 1 is 0.744 bits per heavy atom. The first-order chi connectivity index (χ1) is 21.0. The van der Waals surface area contributed by atoms with Crippen LogP contribution in [0.3, 0.4) is 0 Å². The minimum atomic E-state index is 0.800. The lowest BCUT2D eigenvalue weighted by Gasteiger charge is -2.13. The van der Waals surface area contributed by atoms with Crippen molar-refractivity contribution in [3.8, 4) is 22.8 Å². The van der Waals surface area contributed by atoms with E-state index >= 15 is 0 Å². The van der Waals surface area contributed by atoms with Crippen LogP contribution < -0.4 is 9.47 Å². The molecule has 1 N–H and O–H groups in total. The van der Waals surface area contributed by atoms with Crippen molar-refractivity contribution in [1.29, 1.82) is 0 Å². The van der Waals surface area contributed by atoms with Gasteiger partial charge in [0.05, 0.1) is 34.6 Å². The molecule has 4 nitrogen and oxygen atoms in total. The fraction of sp³-hybridized carbons (Fsp3) is 0.270. The number of H-pyrrole nitrogens is 1. The fourth-order valence-corrected chi connectivity index (χ4v) is 6.89. The normalized spacial score (nSPS) is 13.8. The molecule has 0 bridgehead atoms. The molecule has 222 valence electrons. The van der Waals surface area contributed by atoms with E-state index in [1.165, 1.54) is 11.1 Å². The third kappa shape index (κ3) is 6.91. The van der Waals surface area contributed by atoms with Gasteiger partial charge in [-0.15, -0.1) is 0 Å². The van der Waals surface area contributed by atoms with Crippen LogP contribution in [0, 0.1) is 0 Å². The Labute approximate surface area is 272 Å². The van der Waals surface area contributed by atoms with E-state index in [0.717, 1.165) is 104 Å². The van der Waals surface area contributed by atoms with Crippen molar-refractivity contribution in [2.45, 2.75) is 52.4 Å². The summed E-state index contributed by atoms with van der Waals surface area (Å²) in [6.07, 6.45) is 10.8. The summed E-state index contributed by atoms with van der Waals surface area (Å²) in [7, 11) is 3.44. The molecule has 43 heavy (non-hydrogen) atoms. The third-order valence-corrected chi connectivity index (χ3v) is 8.91. The van der Waals surface area contributed by atoms with Crippen molar-refractivity contribution in [2.75, 3.05) is 14.2 Å². The predicted molar refractivity (Wildman–Crippen MR) is 187 cm³/mol. The van der Waals surface area contributed by atoms with Gasteiger partial charge in [-0.1, -0.05) is 57.0 Å². The molecule has 3 aromatic carbocycles. The summed E-state index contributed by atoms with van der Waals surface area (Å²) in [6, 6.07) is 23.5. The van der Waals surface area contributed by atoms with Gasteiger partial charge >= 0.3 is 0 Å². The van der Waals surface area contributed by atoms with Crippen LogP contribution in [-0.4, -0.2) is 24.9 Å². The Kier molecular flexibility index (Phi) is 10.4. The highest BCUT2D eigenvalue weighted by molar-refractivity contribution is 9.11. The van der Waals surface area contributed by atoms with Crippen LogP contribution in [0.5, 0.6) is 11.5 Å². The molecule has 0 aliphatic carbocycles. The van der Waals surface area contributed by atoms with Crippen molar-refractivity contribution in [2.24, 2.45) is 4.99 Å². The number of allylic oxidation sites excluding steroid dienone is 2. The number of hydrogen-bond donors (Lipinski definition) is 1. The number of hydrogen-bond acceptors (Lipinski definition) is 3. The summed E-state index contributed by atoms with van der Waals surface area (Å²) in [6.45, 7) is 4.44. The first kappa shape index (κ1) is 31.1. The number of halogens is 2. The van der Waals surface area contributed by atoms with Crippen LogP contribution >= 0.6 is 31.9 Å². The Morgan fingerprint density at radius 2 is 1.35 bits per heavy atom. The van der Waals surface area contributed by atoms with E-state index in [9.17, 15) is 0 Å². The smallest absolute Gasteiger partial charge is 0.142 e. The average molecular weight is 703 g/mol. The molecule has 0 unspecified atom stereocenters. The van der Waals surface area contributed by atoms with Crippen LogP contribution in [0.4, 0.5) is 0 Å². The molecule has 0 saturated heterocycles. The van der Waals surface area contributed by atoms with Crippen LogP contribution in [0.2, 0.25) is 0 Å². The van der Waals surface area contributed by atoms with Crippen molar-refractivity contribution in [3.05, 3.63) is 121 Å². The molecule has 0 spiro atoms. The number of aryl methyl sites for hydroxylation is 2. The number of aromatic nitrogens is 1. The van der Waals surface area contributed by atoms with Gasteiger partial charge in [0.1, 0.15) is 11.5 Å². The van der Waals surface area contributed by atoms with Gasteiger partial charge in [0.15, 0.2) is 0 Å². The standard InChI is InChI=1S/C37H38Br2N2O2/c1-5-7-12-24-20-27(36(42-3)29(38)22-24)31-16-18-33(40-31)35(26-14-10-9-11-15-26)34-19-17-32(41-34)28-21-25(13-8-6-2)23-30(39)37(28)43-4/h9-11,14-23,40H,5-8,12-13H2,1-4H3/b35-34-. The fourth-order valence-electron chi connectivity index (χ4n) is 5.55. The minimum Gasteiger partial charge on any atom is -0.495 e. The Balaban J connectivity index is 1.62. The lowest BCUT2D eigenvalue weighted by molar-refractivity contribution is 0.411.